The highest BCUT2D eigenvalue weighted by Crippen LogP contribution is 2.29. The number of likely N-dealkylation sites (tertiary alicyclic amines) is 1. The molecule has 1 aromatic carbocycles. The fourth-order valence-electron chi connectivity index (χ4n) is 4.01. The molecule has 1 aromatic heterocycles. The predicted molar refractivity (Wildman–Crippen MR) is 109 cm³/mol. The van der Waals surface area contributed by atoms with Crippen LogP contribution in [0.4, 0.5) is 5.13 Å². The molecule has 0 aliphatic carbocycles. The normalized spacial score (nSPS) is 21.0. The average Bonchev–Trinajstić information content (AvgIpc) is 3.33. The predicted octanol–water partition coefficient (Wildman–Crippen LogP) is 3.66. The molecule has 2 aliphatic rings. The Kier molecular flexibility index (Phi) is 5.43. The molecule has 5 nitrogen and oxygen atoms in total. The largest absolute Gasteiger partial charge is 0.341 e. The van der Waals surface area contributed by atoms with E-state index in [4.69, 9.17) is 4.98 Å². The summed E-state index contributed by atoms with van der Waals surface area (Å²) in [5.74, 6) is 1.87. The maximum atomic E-state index is 13.1. The summed E-state index contributed by atoms with van der Waals surface area (Å²) in [5, 5.41) is 0.901. The van der Waals surface area contributed by atoms with Crippen molar-refractivity contribution < 1.29 is 4.79 Å². The van der Waals surface area contributed by atoms with Gasteiger partial charge in [-0.2, -0.15) is 4.37 Å². The Morgan fingerprint density at radius 1 is 1.15 bits per heavy atom. The van der Waals surface area contributed by atoms with Gasteiger partial charge in [-0.15, -0.1) is 0 Å². The number of aromatic nitrogens is 2. The molecule has 0 N–H and O–H groups in total. The Morgan fingerprint density at radius 3 is 2.63 bits per heavy atom. The fourth-order valence-corrected chi connectivity index (χ4v) is 4.78. The van der Waals surface area contributed by atoms with E-state index in [9.17, 15) is 4.79 Å². The van der Waals surface area contributed by atoms with Crippen LogP contribution in [-0.4, -0.2) is 45.8 Å². The van der Waals surface area contributed by atoms with Gasteiger partial charge in [0.15, 0.2) is 0 Å². The maximum absolute atomic E-state index is 13.1. The third kappa shape index (κ3) is 4.15. The highest BCUT2D eigenvalue weighted by atomic mass is 32.1. The number of nitrogens with zero attached hydrogens (tertiary/aromatic N) is 4. The minimum Gasteiger partial charge on any atom is -0.341 e. The molecule has 144 valence electrons. The van der Waals surface area contributed by atoms with Crippen LogP contribution in [0.2, 0.25) is 0 Å². The molecule has 2 fully saturated rings. The average molecular weight is 385 g/mol. The smallest absolute Gasteiger partial charge is 0.245 e. The van der Waals surface area contributed by atoms with Gasteiger partial charge in [-0.25, -0.2) is 4.98 Å². The number of benzene rings is 1. The van der Waals surface area contributed by atoms with E-state index in [1.807, 2.05) is 0 Å². The van der Waals surface area contributed by atoms with Crippen molar-refractivity contribution in [3.63, 3.8) is 0 Å². The van der Waals surface area contributed by atoms with Crippen LogP contribution >= 0.6 is 11.5 Å². The van der Waals surface area contributed by atoms with Gasteiger partial charge in [0.1, 0.15) is 11.9 Å². The van der Waals surface area contributed by atoms with Crippen molar-refractivity contribution in [2.24, 2.45) is 5.92 Å². The lowest BCUT2D eigenvalue weighted by Crippen LogP contribution is -2.48. The number of carbonyl (C=O) groups excluding carboxylic acids is 1. The van der Waals surface area contributed by atoms with Crippen molar-refractivity contribution in [1.82, 2.24) is 14.3 Å². The van der Waals surface area contributed by atoms with Gasteiger partial charge in [-0.3, -0.25) is 4.79 Å². The lowest BCUT2D eigenvalue weighted by molar-refractivity contribution is -0.133. The van der Waals surface area contributed by atoms with E-state index >= 15 is 0 Å². The fraction of sp³-hybridized carbons (Fsp3) is 0.571. The van der Waals surface area contributed by atoms with Crippen LogP contribution in [0.15, 0.2) is 24.3 Å². The number of anilines is 1. The standard InChI is InChI=1S/C21H28N4OS/c1-15-5-7-17(8-6-15)14-19-22-21(27-23-19)25-11-3-4-18(25)20(26)24-12-9-16(2)10-13-24/h5-8,16,18H,3-4,9-14H2,1-2H3/t18-/m1/s1. The van der Waals surface area contributed by atoms with Gasteiger partial charge in [-0.1, -0.05) is 36.8 Å². The zero-order valence-corrected chi connectivity index (χ0v) is 17.0. The first-order valence-electron chi connectivity index (χ1n) is 10.0. The molecule has 0 saturated carbocycles. The van der Waals surface area contributed by atoms with Crippen LogP contribution in [0.5, 0.6) is 0 Å². The lowest BCUT2D eigenvalue weighted by Gasteiger charge is -2.34. The quantitative estimate of drug-likeness (QED) is 0.807. The number of rotatable bonds is 4. The second kappa shape index (κ2) is 7.97. The molecular weight excluding hydrogens is 356 g/mol. The Balaban J connectivity index is 1.43. The Morgan fingerprint density at radius 2 is 1.89 bits per heavy atom. The van der Waals surface area contributed by atoms with Crippen molar-refractivity contribution in [3.05, 3.63) is 41.2 Å². The van der Waals surface area contributed by atoms with Crippen molar-refractivity contribution in [3.8, 4) is 0 Å². The molecule has 27 heavy (non-hydrogen) atoms. The summed E-state index contributed by atoms with van der Waals surface area (Å²) in [6.07, 6.45) is 4.97. The number of hydrogen-bond donors (Lipinski definition) is 0. The Bertz CT molecular complexity index is 780. The van der Waals surface area contributed by atoms with Gasteiger partial charge >= 0.3 is 0 Å². The molecule has 6 heteroatoms. The van der Waals surface area contributed by atoms with E-state index in [0.29, 0.717) is 0 Å². The summed E-state index contributed by atoms with van der Waals surface area (Å²) in [6, 6.07) is 8.46. The van der Waals surface area contributed by atoms with E-state index in [-0.39, 0.29) is 11.9 Å². The topological polar surface area (TPSA) is 49.3 Å². The van der Waals surface area contributed by atoms with Crippen LogP contribution in [-0.2, 0) is 11.2 Å². The van der Waals surface area contributed by atoms with E-state index < -0.39 is 0 Å². The van der Waals surface area contributed by atoms with Crippen LogP contribution in [0.25, 0.3) is 0 Å². The molecule has 3 heterocycles. The molecule has 2 aromatic rings. The monoisotopic (exact) mass is 384 g/mol. The highest BCUT2D eigenvalue weighted by molar-refractivity contribution is 7.09. The van der Waals surface area contributed by atoms with Gasteiger partial charge in [0.2, 0.25) is 11.0 Å². The van der Waals surface area contributed by atoms with Crippen LogP contribution < -0.4 is 4.90 Å². The maximum Gasteiger partial charge on any atom is 0.245 e. The zero-order chi connectivity index (χ0) is 18.8. The van der Waals surface area contributed by atoms with Gasteiger partial charge in [0.05, 0.1) is 0 Å². The van der Waals surface area contributed by atoms with Crippen molar-refractivity contribution >= 4 is 22.6 Å². The van der Waals surface area contributed by atoms with E-state index in [1.54, 1.807) is 0 Å². The molecule has 1 atom stereocenters. The van der Waals surface area contributed by atoms with Crippen molar-refractivity contribution in [1.29, 1.82) is 0 Å². The SMILES string of the molecule is Cc1ccc(Cc2nsc(N3CCC[C@@H]3C(=O)N3CCC(C)CC3)n2)cc1. The van der Waals surface area contributed by atoms with Crippen molar-refractivity contribution in [2.75, 3.05) is 24.5 Å². The summed E-state index contributed by atoms with van der Waals surface area (Å²) in [6.45, 7) is 7.08. The van der Waals surface area contributed by atoms with Gasteiger partial charge in [0.25, 0.3) is 0 Å². The number of hydrogen-bond acceptors (Lipinski definition) is 5. The Hall–Kier alpha value is -1.95. The van der Waals surface area contributed by atoms with Crippen LogP contribution in [0.1, 0.15) is 49.6 Å². The summed E-state index contributed by atoms with van der Waals surface area (Å²) < 4.78 is 4.56. The van der Waals surface area contributed by atoms with Crippen LogP contribution in [0, 0.1) is 12.8 Å². The highest BCUT2D eigenvalue weighted by Gasteiger charge is 2.36. The molecule has 0 unspecified atom stereocenters. The molecule has 0 bridgehead atoms. The van der Waals surface area contributed by atoms with Gasteiger partial charge in [0, 0.05) is 37.6 Å². The second-order valence-electron chi connectivity index (χ2n) is 8.01. The lowest BCUT2D eigenvalue weighted by atomic mass is 9.98. The first-order chi connectivity index (χ1) is 13.1. The summed E-state index contributed by atoms with van der Waals surface area (Å²) >= 11 is 1.43. The molecule has 1 amide bonds. The minimum atomic E-state index is -0.0569. The molecular formula is C21H28N4OS. The minimum absolute atomic E-state index is 0.0569. The third-order valence-electron chi connectivity index (χ3n) is 5.82. The first kappa shape index (κ1) is 18.4. The second-order valence-corrected chi connectivity index (χ2v) is 8.75. The first-order valence-corrected chi connectivity index (χ1v) is 10.8. The van der Waals surface area contributed by atoms with Gasteiger partial charge < -0.3 is 9.80 Å². The van der Waals surface area contributed by atoms with Gasteiger partial charge in [-0.05, 0) is 44.1 Å². The van der Waals surface area contributed by atoms with E-state index in [1.165, 1.54) is 22.7 Å². The third-order valence-corrected chi connectivity index (χ3v) is 6.61. The van der Waals surface area contributed by atoms with Crippen LogP contribution in [0.3, 0.4) is 0 Å². The Labute approximate surface area is 165 Å². The number of amides is 1. The molecule has 4 rings (SSSR count). The summed E-state index contributed by atoms with van der Waals surface area (Å²) in [5.41, 5.74) is 2.48. The summed E-state index contributed by atoms with van der Waals surface area (Å²) in [7, 11) is 0. The van der Waals surface area contributed by atoms with E-state index in [0.717, 1.165) is 68.6 Å². The van der Waals surface area contributed by atoms with Crippen molar-refractivity contribution in [2.45, 2.75) is 52.0 Å². The summed E-state index contributed by atoms with van der Waals surface area (Å²) in [4.78, 5) is 22.1. The van der Waals surface area contributed by atoms with E-state index in [2.05, 4.69) is 52.3 Å². The number of aryl methyl sites for hydroxylation is 1. The zero-order valence-electron chi connectivity index (χ0n) is 16.2. The molecule has 0 radical (unpaired) electrons. The number of carbonyl (C=O) groups is 1. The molecule has 2 saturated heterocycles. The number of piperidine rings is 1. The molecule has 0 spiro atoms. The molecule has 2 aliphatic heterocycles.